The number of nitrogens with zero attached hydrogens (tertiary/aromatic N) is 4. The number of anilines is 2. The third-order valence-corrected chi connectivity index (χ3v) is 9.43. The summed E-state index contributed by atoms with van der Waals surface area (Å²) < 4.78 is 35.4. The molecule has 12 nitrogen and oxygen atoms in total. The summed E-state index contributed by atoms with van der Waals surface area (Å²) in [6.07, 6.45) is 3.94. The number of halogens is 2. The molecular weight excluding hydrogens is 658 g/mol. The van der Waals surface area contributed by atoms with Crippen molar-refractivity contribution in [2.24, 2.45) is 5.92 Å². The van der Waals surface area contributed by atoms with Crippen LogP contribution in [0.2, 0.25) is 0 Å². The molecule has 268 valence electrons. The van der Waals surface area contributed by atoms with Crippen LogP contribution in [-0.2, 0) is 9.53 Å². The molecule has 2 saturated heterocycles. The number of ether oxygens (including phenoxy) is 1. The van der Waals surface area contributed by atoms with Gasteiger partial charge >= 0.3 is 6.09 Å². The zero-order chi connectivity index (χ0) is 36.2. The minimum absolute atomic E-state index is 0.0135. The van der Waals surface area contributed by atoms with E-state index in [-0.39, 0.29) is 40.7 Å². The summed E-state index contributed by atoms with van der Waals surface area (Å²) in [6.45, 7) is 8.83. The molecule has 2 fully saturated rings. The second-order valence-corrected chi connectivity index (χ2v) is 13.2. The number of rotatable bonds is 9. The number of amides is 3. The van der Waals surface area contributed by atoms with Crippen LogP contribution in [0.15, 0.2) is 60.9 Å². The van der Waals surface area contributed by atoms with E-state index >= 15 is 8.78 Å². The molecule has 0 saturated carbocycles. The number of nitrogens with one attached hydrogen (secondary N) is 4. The zero-order valence-corrected chi connectivity index (χ0v) is 29.0. The lowest BCUT2D eigenvalue weighted by Gasteiger charge is -2.34. The molecular formula is C37H42F2N8O4. The topological polar surface area (TPSA) is 145 Å². The Morgan fingerprint density at radius 1 is 0.980 bits per heavy atom. The molecule has 2 aliphatic heterocycles. The number of likely N-dealkylation sites (tertiary alicyclic amines) is 1. The van der Waals surface area contributed by atoms with Crippen molar-refractivity contribution in [2.75, 3.05) is 43.5 Å². The Morgan fingerprint density at radius 2 is 1.71 bits per heavy atom. The van der Waals surface area contributed by atoms with Crippen LogP contribution in [-0.4, -0.2) is 83.1 Å². The molecule has 14 heteroatoms. The van der Waals surface area contributed by atoms with Gasteiger partial charge in [-0.15, -0.1) is 0 Å². The van der Waals surface area contributed by atoms with Crippen LogP contribution in [0.4, 0.5) is 25.1 Å². The number of carbonyl (C=O) groups is 3. The highest BCUT2D eigenvalue weighted by Crippen LogP contribution is 2.34. The first-order valence-corrected chi connectivity index (χ1v) is 17.1. The number of benzene rings is 2. The molecule has 2 aromatic carbocycles. The summed E-state index contributed by atoms with van der Waals surface area (Å²) in [4.78, 5) is 54.4. The van der Waals surface area contributed by atoms with Crippen LogP contribution < -0.4 is 20.9 Å². The monoisotopic (exact) mass is 700 g/mol. The maximum Gasteiger partial charge on any atom is 0.407 e. The molecule has 6 rings (SSSR count). The predicted molar refractivity (Wildman–Crippen MR) is 189 cm³/mol. The van der Waals surface area contributed by atoms with Crippen LogP contribution in [0.25, 0.3) is 22.4 Å². The fraction of sp³-hybridized carbons (Fsp3) is 0.378. The van der Waals surface area contributed by atoms with Gasteiger partial charge in [0.25, 0.3) is 5.91 Å². The Morgan fingerprint density at radius 3 is 2.35 bits per heavy atom. The fourth-order valence-corrected chi connectivity index (χ4v) is 6.66. The molecule has 4 aromatic rings. The van der Waals surface area contributed by atoms with E-state index in [1.807, 2.05) is 13.8 Å². The number of aromatic nitrogens is 3. The van der Waals surface area contributed by atoms with Crippen molar-refractivity contribution in [2.45, 2.75) is 51.7 Å². The lowest BCUT2D eigenvalue weighted by atomic mass is 10.0. The summed E-state index contributed by atoms with van der Waals surface area (Å²) in [7, 11) is 1.26. The summed E-state index contributed by atoms with van der Waals surface area (Å²) in [5, 5.41) is 8.54. The Bertz CT molecular complexity index is 1860. The van der Waals surface area contributed by atoms with Gasteiger partial charge in [0.2, 0.25) is 5.91 Å². The number of H-pyrrole nitrogens is 1. The van der Waals surface area contributed by atoms with E-state index in [1.54, 1.807) is 47.5 Å². The molecule has 0 unspecified atom stereocenters. The van der Waals surface area contributed by atoms with Crippen molar-refractivity contribution >= 4 is 29.4 Å². The summed E-state index contributed by atoms with van der Waals surface area (Å²) in [5.41, 5.74) is 1.76. The minimum Gasteiger partial charge on any atom is -0.453 e. The average Bonchev–Trinajstić information content (AvgIpc) is 3.81. The van der Waals surface area contributed by atoms with Crippen molar-refractivity contribution in [3.8, 4) is 22.4 Å². The summed E-state index contributed by atoms with van der Waals surface area (Å²) >= 11 is 0. The Labute approximate surface area is 295 Å². The molecule has 51 heavy (non-hydrogen) atoms. The van der Waals surface area contributed by atoms with Gasteiger partial charge in [0.15, 0.2) is 0 Å². The van der Waals surface area contributed by atoms with Gasteiger partial charge in [-0.2, -0.15) is 0 Å². The highest BCUT2D eigenvalue weighted by atomic mass is 19.1. The zero-order valence-electron chi connectivity index (χ0n) is 29.0. The standard InChI is InChI=1S/C37H42F2N8O4/c1-21(2)33(45-37(50)51-4)36(49)47-14-5-6-30(47)34-42-20-29(44-34)23-7-9-24(10-8-23)32-27(38)16-26(17-28(32)39)43-35(48)25-11-12-31(41-19-25)46-15-13-40-18-22(46)3/h7-12,16-17,19-22,30,33,40H,5-6,13-15,18H2,1-4H3,(H,42,44)(H,43,48)(H,45,50)/t22-,30+,33+/m1/s1. The van der Waals surface area contributed by atoms with Crippen molar-refractivity contribution in [3.05, 3.63) is 83.9 Å². The Balaban J connectivity index is 1.12. The van der Waals surface area contributed by atoms with Crippen molar-refractivity contribution in [3.63, 3.8) is 0 Å². The molecule has 2 aliphatic rings. The SMILES string of the molecule is COC(=O)N[C@H](C(=O)N1CCC[C@H]1c1ncc(-c2ccc(-c3c(F)cc(NC(=O)c4ccc(N5CCNC[C@H]5C)nc4)cc3F)cc2)[nH]1)C(C)C. The molecule has 2 aromatic heterocycles. The van der Waals surface area contributed by atoms with Crippen LogP contribution in [0.5, 0.6) is 0 Å². The molecule has 4 N–H and O–H groups in total. The highest BCUT2D eigenvalue weighted by molar-refractivity contribution is 6.04. The average molecular weight is 701 g/mol. The first kappa shape index (κ1) is 35.5. The largest absolute Gasteiger partial charge is 0.453 e. The van der Waals surface area contributed by atoms with Crippen LogP contribution in [0, 0.1) is 17.6 Å². The Hall–Kier alpha value is -5.37. The number of hydrogen-bond donors (Lipinski definition) is 4. The van der Waals surface area contributed by atoms with Gasteiger partial charge in [-0.25, -0.2) is 23.5 Å². The summed E-state index contributed by atoms with van der Waals surface area (Å²) in [5.74, 6) is -1.16. The molecule has 0 bridgehead atoms. The van der Waals surface area contributed by atoms with Gasteiger partial charge in [0, 0.05) is 44.1 Å². The number of carbonyl (C=O) groups excluding carboxylic acids is 3. The van der Waals surface area contributed by atoms with Crippen LogP contribution >= 0.6 is 0 Å². The maximum atomic E-state index is 15.4. The number of pyridine rings is 1. The quantitative estimate of drug-likeness (QED) is 0.179. The van der Waals surface area contributed by atoms with E-state index < -0.39 is 29.7 Å². The van der Waals surface area contributed by atoms with Gasteiger partial charge in [-0.1, -0.05) is 38.1 Å². The van der Waals surface area contributed by atoms with Gasteiger partial charge in [-0.3, -0.25) is 9.59 Å². The third kappa shape index (κ3) is 7.70. The van der Waals surface area contributed by atoms with Crippen molar-refractivity contribution in [1.29, 1.82) is 0 Å². The first-order valence-electron chi connectivity index (χ1n) is 17.1. The van der Waals surface area contributed by atoms with Gasteiger partial charge in [-0.05, 0) is 61.1 Å². The lowest BCUT2D eigenvalue weighted by molar-refractivity contribution is -0.135. The lowest BCUT2D eigenvalue weighted by Crippen LogP contribution is -2.51. The molecule has 0 spiro atoms. The van der Waals surface area contributed by atoms with Gasteiger partial charge in [0.1, 0.15) is 29.3 Å². The van der Waals surface area contributed by atoms with E-state index in [0.29, 0.717) is 30.0 Å². The van der Waals surface area contributed by atoms with E-state index in [0.717, 1.165) is 49.6 Å². The summed E-state index contributed by atoms with van der Waals surface area (Å²) in [6, 6.07) is 11.5. The van der Waals surface area contributed by atoms with E-state index in [2.05, 4.69) is 42.7 Å². The molecule has 0 aliphatic carbocycles. The van der Waals surface area contributed by atoms with Crippen LogP contribution in [0.1, 0.15) is 55.8 Å². The third-order valence-electron chi connectivity index (χ3n) is 9.43. The minimum atomic E-state index is -0.824. The van der Waals surface area contributed by atoms with Gasteiger partial charge < -0.3 is 35.5 Å². The van der Waals surface area contributed by atoms with E-state index in [4.69, 9.17) is 4.74 Å². The molecule has 3 atom stereocenters. The fourth-order valence-electron chi connectivity index (χ4n) is 6.66. The highest BCUT2D eigenvalue weighted by Gasteiger charge is 2.37. The normalized spacial score (nSPS) is 18.1. The van der Waals surface area contributed by atoms with Gasteiger partial charge in [0.05, 0.1) is 36.2 Å². The predicted octanol–water partition coefficient (Wildman–Crippen LogP) is 5.51. The number of aromatic amines is 1. The van der Waals surface area contributed by atoms with Crippen molar-refractivity contribution in [1.82, 2.24) is 30.5 Å². The second-order valence-electron chi connectivity index (χ2n) is 13.2. The smallest absolute Gasteiger partial charge is 0.407 e. The van der Waals surface area contributed by atoms with Crippen LogP contribution in [0.3, 0.4) is 0 Å². The second kappa shape index (κ2) is 15.3. The van der Waals surface area contributed by atoms with E-state index in [1.165, 1.54) is 13.3 Å². The Kier molecular flexibility index (Phi) is 10.6. The molecule has 0 radical (unpaired) electrons. The number of hydrogen-bond acceptors (Lipinski definition) is 8. The number of alkyl carbamates (subject to hydrolysis) is 1. The number of methoxy groups -OCH3 is 1. The molecule has 4 heterocycles. The first-order chi connectivity index (χ1) is 24.5. The number of imidazole rings is 1. The number of piperazine rings is 1. The van der Waals surface area contributed by atoms with Crippen molar-refractivity contribution < 1.29 is 27.9 Å². The maximum absolute atomic E-state index is 15.4. The molecule has 3 amide bonds. The van der Waals surface area contributed by atoms with E-state index in [9.17, 15) is 14.4 Å².